The van der Waals surface area contributed by atoms with Crippen LogP contribution in [0.2, 0.25) is 0 Å². The molecule has 0 spiro atoms. The Morgan fingerprint density at radius 1 is 1.50 bits per heavy atom. The molecule has 2 rings (SSSR count). The third-order valence-electron chi connectivity index (χ3n) is 3.92. The minimum Gasteiger partial charge on any atom is -0.494 e. The Morgan fingerprint density at radius 3 is 2.83 bits per heavy atom. The van der Waals surface area contributed by atoms with E-state index >= 15 is 0 Å². The van der Waals surface area contributed by atoms with E-state index in [0.29, 0.717) is 11.4 Å². The van der Waals surface area contributed by atoms with E-state index in [1.165, 1.54) is 0 Å². The van der Waals surface area contributed by atoms with Gasteiger partial charge in [0.15, 0.2) is 5.78 Å². The first-order valence-corrected chi connectivity index (χ1v) is 6.48. The second kappa shape index (κ2) is 5.48. The highest BCUT2D eigenvalue weighted by Crippen LogP contribution is 2.37. The van der Waals surface area contributed by atoms with Gasteiger partial charge in [0.2, 0.25) is 0 Å². The van der Waals surface area contributed by atoms with E-state index in [-0.39, 0.29) is 11.2 Å². The molecule has 98 valence electrons. The number of piperidine rings is 1. The van der Waals surface area contributed by atoms with Gasteiger partial charge in [-0.05, 0) is 44.5 Å². The van der Waals surface area contributed by atoms with E-state index in [4.69, 9.17) is 4.74 Å². The number of hydrogen-bond donors (Lipinski definition) is 1. The van der Waals surface area contributed by atoms with Gasteiger partial charge in [0, 0.05) is 11.6 Å². The first-order chi connectivity index (χ1) is 8.73. The number of Topliss-reactive ketones (excluding diaryl/α,β-unsaturated/α-hetero) is 1. The van der Waals surface area contributed by atoms with E-state index in [1.807, 2.05) is 0 Å². The summed E-state index contributed by atoms with van der Waals surface area (Å²) in [6.07, 6.45) is 4.26. The molecule has 1 aliphatic rings. The molecule has 0 aromatic carbocycles. The maximum atomic E-state index is 12.8. The van der Waals surface area contributed by atoms with Gasteiger partial charge in [-0.1, -0.05) is 6.92 Å². The molecular weight excluding hydrogens is 228 g/mol. The molecule has 1 aromatic heterocycles. The lowest BCUT2D eigenvalue weighted by atomic mass is 9.72. The molecule has 2 heterocycles. The van der Waals surface area contributed by atoms with Crippen molar-refractivity contribution in [2.24, 2.45) is 5.41 Å². The Morgan fingerprint density at radius 2 is 2.22 bits per heavy atom. The first-order valence-electron chi connectivity index (χ1n) is 6.48. The number of carbonyl (C=O) groups excluding carboxylic acids is 1. The minimum absolute atomic E-state index is 0.129. The number of methoxy groups -OCH3 is 1. The molecule has 4 nitrogen and oxygen atoms in total. The van der Waals surface area contributed by atoms with Gasteiger partial charge >= 0.3 is 0 Å². The summed E-state index contributed by atoms with van der Waals surface area (Å²) >= 11 is 0. The zero-order chi connectivity index (χ0) is 13.0. The summed E-state index contributed by atoms with van der Waals surface area (Å²) in [5.41, 5.74) is 0.205. The Hall–Kier alpha value is -1.42. The molecule has 0 unspecified atom stereocenters. The number of rotatable bonds is 4. The van der Waals surface area contributed by atoms with Gasteiger partial charge in [0.25, 0.3) is 0 Å². The number of carbonyl (C=O) groups is 1. The summed E-state index contributed by atoms with van der Waals surface area (Å²) in [4.78, 5) is 17.0. The lowest BCUT2D eigenvalue weighted by Gasteiger charge is -2.35. The number of nitrogens with zero attached hydrogens (tertiary/aromatic N) is 1. The third kappa shape index (κ3) is 2.25. The molecule has 18 heavy (non-hydrogen) atoms. The van der Waals surface area contributed by atoms with Crippen LogP contribution in [-0.2, 0) is 0 Å². The molecule has 4 heteroatoms. The quantitative estimate of drug-likeness (QED) is 0.829. The Balaban J connectivity index is 2.33. The normalized spacial score (nSPS) is 18.3. The van der Waals surface area contributed by atoms with Gasteiger partial charge in [0.1, 0.15) is 11.4 Å². The molecule has 0 bridgehead atoms. The predicted molar refractivity (Wildman–Crippen MR) is 69.9 cm³/mol. The van der Waals surface area contributed by atoms with Crippen molar-refractivity contribution in [3.05, 3.63) is 24.0 Å². The molecule has 1 N–H and O–H groups in total. The fourth-order valence-electron chi connectivity index (χ4n) is 2.62. The van der Waals surface area contributed by atoms with Crippen molar-refractivity contribution in [3.8, 4) is 5.75 Å². The topological polar surface area (TPSA) is 51.2 Å². The molecule has 0 radical (unpaired) electrons. The Labute approximate surface area is 108 Å². The Bertz CT molecular complexity index is 426. The average molecular weight is 248 g/mol. The highest BCUT2D eigenvalue weighted by atomic mass is 16.5. The largest absolute Gasteiger partial charge is 0.494 e. The van der Waals surface area contributed by atoms with Crippen molar-refractivity contribution in [1.29, 1.82) is 0 Å². The predicted octanol–water partition coefficient (Wildman–Crippen LogP) is 2.05. The third-order valence-corrected chi connectivity index (χ3v) is 3.92. The molecule has 1 fully saturated rings. The van der Waals surface area contributed by atoms with E-state index < -0.39 is 0 Å². The molecule has 0 saturated carbocycles. The van der Waals surface area contributed by atoms with Gasteiger partial charge in [-0.25, -0.2) is 4.98 Å². The summed E-state index contributed by atoms with van der Waals surface area (Å²) in [7, 11) is 1.58. The second-order valence-electron chi connectivity index (χ2n) is 4.77. The van der Waals surface area contributed by atoms with Crippen LogP contribution in [0.25, 0.3) is 0 Å². The van der Waals surface area contributed by atoms with Crippen LogP contribution in [0.4, 0.5) is 0 Å². The molecule has 1 aromatic rings. The van der Waals surface area contributed by atoms with Crippen LogP contribution >= 0.6 is 0 Å². The average Bonchev–Trinajstić information content (AvgIpc) is 2.47. The van der Waals surface area contributed by atoms with Gasteiger partial charge in [-0.3, -0.25) is 4.79 Å². The van der Waals surface area contributed by atoms with E-state index in [2.05, 4.69) is 17.2 Å². The number of ether oxygens (including phenoxy) is 1. The summed E-state index contributed by atoms with van der Waals surface area (Å²) in [6.45, 7) is 3.88. The van der Waals surface area contributed by atoms with E-state index in [0.717, 1.165) is 32.4 Å². The fourth-order valence-corrected chi connectivity index (χ4v) is 2.62. The summed E-state index contributed by atoms with van der Waals surface area (Å²) in [6, 6.07) is 3.58. The molecule has 1 aliphatic heterocycles. The maximum Gasteiger partial charge on any atom is 0.191 e. The van der Waals surface area contributed by atoms with Gasteiger partial charge < -0.3 is 10.1 Å². The lowest BCUT2D eigenvalue weighted by Crippen LogP contribution is -2.42. The van der Waals surface area contributed by atoms with Crippen LogP contribution in [0.5, 0.6) is 5.75 Å². The van der Waals surface area contributed by atoms with Crippen LogP contribution < -0.4 is 10.1 Å². The monoisotopic (exact) mass is 248 g/mol. The molecule has 0 amide bonds. The van der Waals surface area contributed by atoms with Gasteiger partial charge in [-0.15, -0.1) is 0 Å². The molecule has 1 saturated heterocycles. The number of pyridine rings is 1. The summed E-state index contributed by atoms with van der Waals surface area (Å²) < 4.78 is 5.25. The lowest BCUT2D eigenvalue weighted by molar-refractivity contribution is 0.0708. The van der Waals surface area contributed by atoms with Crippen molar-refractivity contribution in [3.63, 3.8) is 0 Å². The zero-order valence-corrected chi connectivity index (χ0v) is 11.0. The highest BCUT2D eigenvalue weighted by Gasteiger charge is 2.39. The summed E-state index contributed by atoms with van der Waals surface area (Å²) in [5.74, 6) is 0.706. The van der Waals surface area contributed by atoms with Gasteiger partial charge in [-0.2, -0.15) is 0 Å². The fraction of sp³-hybridized carbons (Fsp3) is 0.571. The van der Waals surface area contributed by atoms with E-state index in [9.17, 15) is 4.79 Å². The van der Waals surface area contributed by atoms with Crippen LogP contribution in [0.15, 0.2) is 18.3 Å². The standard InChI is InChI=1S/C14H20N2O2/c1-3-14(6-9-15-10-7-14)13(17)12-11(18-2)5-4-8-16-12/h4-5,8,15H,3,6-7,9-10H2,1-2H3. The summed E-state index contributed by atoms with van der Waals surface area (Å²) in [5, 5.41) is 3.30. The zero-order valence-electron chi connectivity index (χ0n) is 11.0. The number of nitrogens with one attached hydrogen (secondary N) is 1. The SMILES string of the molecule is CCC1(C(=O)c2ncccc2OC)CCNCC1. The maximum absolute atomic E-state index is 12.8. The van der Waals surface area contributed by atoms with Crippen LogP contribution in [0.3, 0.4) is 0 Å². The smallest absolute Gasteiger partial charge is 0.191 e. The Kier molecular flexibility index (Phi) is 3.97. The van der Waals surface area contributed by atoms with Crippen molar-refractivity contribution in [2.75, 3.05) is 20.2 Å². The number of ketones is 1. The van der Waals surface area contributed by atoms with Crippen LogP contribution in [0, 0.1) is 5.41 Å². The van der Waals surface area contributed by atoms with Crippen LogP contribution in [-0.4, -0.2) is 31.0 Å². The number of hydrogen-bond acceptors (Lipinski definition) is 4. The first kappa shape index (κ1) is 13.0. The van der Waals surface area contributed by atoms with Gasteiger partial charge in [0.05, 0.1) is 7.11 Å². The molecule has 0 atom stereocenters. The van der Waals surface area contributed by atoms with Crippen molar-refractivity contribution < 1.29 is 9.53 Å². The van der Waals surface area contributed by atoms with Crippen molar-refractivity contribution >= 4 is 5.78 Å². The van der Waals surface area contributed by atoms with Crippen molar-refractivity contribution in [2.45, 2.75) is 26.2 Å². The molecule has 0 aliphatic carbocycles. The van der Waals surface area contributed by atoms with E-state index in [1.54, 1.807) is 25.4 Å². The van der Waals surface area contributed by atoms with Crippen LogP contribution in [0.1, 0.15) is 36.7 Å². The highest BCUT2D eigenvalue weighted by molar-refractivity contribution is 6.01. The number of aromatic nitrogens is 1. The second-order valence-corrected chi connectivity index (χ2v) is 4.77. The molecular formula is C14H20N2O2. The minimum atomic E-state index is -0.271. The van der Waals surface area contributed by atoms with Crippen molar-refractivity contribution in [1.82, 2.24) is 10.3 Å².